The Hall–Kier alpha value is -2.86. The van der Waals surface area contributed by atoms with E-state index < -0.39 is 0 Å². The predicted octanol–water partition coefficient (Wildman–Crippen LogP) is 2.52. The van der Waals surface area contributed by atoms with Gasteiger partial charge < -0.3 is 4.90 Å². The van der Waals surface area contributed by atoms with Crippen molar-refractivity contribution in [2.24, 2.45) is 5.10 Å². The van der Waals surface area contributed by atoms with Gasteiger partial charge in [0.2, 0.25) is 5.71 Å². The zero-order valence-corrected chi connectivity index (χ0v) is 12.2. The first-order valence-electron chi connectivity index (χ1n) is 7.28. The molecule has 1 fully saturated rings. The number of hydrogen-bond donors (Lipinski definition) is 1. The predicted molar refractivity (Wildman–Crippen MR) is 83.1 cm³/mol. The SMILES string of the molecule is N#CC(C#N)=NNc1cccc(C(=O)N2CCCCCC2)c1. The summed E-state index contributed by atoms with van der Waals surface area (Å²) in [7, 11) is 0. The van der Waals surface area contributed by atoms with Crippen LogP contribution in [-0.4, -0.2) is 29.6 Å². The van der Waals surface area contributed by atoms with Crippen LogP contribution in [0.5, 0.6) is 0 Å². The molecule has 6 nitrogen and oxygen atoms in total. The molecule has 1 aliphatic rings. The summed E-state index contributed by atoms with van der Waals surface area (Å²) in [5.41, 5.74) is 3.52. The van der Waals surface area contributed by atoms with E-state index in [0.717, 1.165) is 25.9 Å². The highest BCUT2D eigenvalue weighted by atomic mass is 16.2. The maximum absolute atomic E-state index is 12.5. The Morgan fingerprint density at radius 3 is 2.45 bits per heavy atom. The molecule has 1 N–H and O–H groups in total. The Labute approximate surface area is 129 Å². The van der Waals surface area contributed by atoms with E-state index in [1.165, 1.54) is 12.8 Å². The van der Waals surface area contributed by atoms with Gasteiger partial charge in [0.05, 0.1) is 5.69 Å². The monoisotopic (exact) mass is 295 g/mol. The highest BCUT2D eigenvalue weighted by Gasteiger charge is 2.17. The number of benzene rings is 1. The average Bonchev–Trinajstić information content (AvgIpc) is 2.84. The molecule has 0 radical (unpaired) electrons. The van der Waals surface area contributed by atoms with Gasteiger partial charge in [-0.15, -0.1) is 0 Å². The standard InChI is InChI=1S/C16H17N5O/c17-11-15(12-18)20-19-14-7-5-6-13(10-14)16(22)21-8-3-1-2-4-9-21/h5-7,10,19H,1-4,8-9H2. The minimum Gasteiger partial charge on any atom is -0.339 e. The lowest BCUT2D eigenvalue weighted by atomic mass is 10.1. The molecule has 112 valence electrons. The molecule has 1 aromatic rings. The van der Waals surface area contributed by atoms with Crippen LogP contribution in [0.25, 0.3) is 0 Å². The van der Waals surface area contributed by atoms with Crippen LogP contribution in [-0.2, 0) is 0 Å². The van der Waals surface area contributed by atoms with Crippen molar-refractivity contribution in [1.29, 1.82) is 10.5 Å². The Morgan fingerprint density at radius 2 is 1.82 bits per heavy atom. The van der Waals surface area contributed by atoms with Crippen molar-refractivity contribution in [3.63, 3.8) is 0 Å². The third-order valence-corrected chi connectivity index (χ3v) is 3.51. The van der Waals surface area contributed by atoms with Crippen molar-refractivity contribution in [3.8, 4) is 12.1 Å². The molecule has 0 aromatic heterocycles. The summed E-state index contributed by atoms with van der Waals surface area (Å²) in [5.74, 6) is 0.00956. The fourth-order valence-corrected chi connectivity index (χ4v) is 2.37. The van der Waals surface area contributed by atoms with Crippen molar-refractivity contribution < 1.29 is 4.79 Å². The van der Waals surface area contributed by atoms with E-state index in [1.54, 1.807) is 36.4 Å². The summed E-state index contributed by atoms with van der Waals surface area (Å²) in [4.78, 5) is 14.4. The normalized spacial score (nSPS) is 14.2. The first-order valence-corrected chi connectivity index (χ1v) is 7.28. The topological polar surface area (TPSA) is 92.3 Å². The number of nitrogens with zero attached hydrogens (tertiary/aromatic N) is 4. The molecule has 0 unspecified atom stereocenters. The first-order chi connectivity index (χ1) is 10.7. The molecule has 1 saturated heterocycles. The van der Waals surface area contributed by atoms with Gasteiger partial charge in [-0.1, -0.05) is 18.9 Å². The van der Waals surface area contributed by atoms with E-state index in [1.807, 2.05) is 4.90 Å². The number of hydrazone groups is 1. The van der Waals surface area contributed by atoms with Gasteiger partial charge in [-0.2, -0.15) is 15.6 Å². The minimum atomic E-state index is -0.260. The van der Waals surface area contributed by atoms with Crippen molar-refractivity contribution in [3.05, 3.63) is 29.8 Å². The van der Waals surface area contributed by atoms with Crippen molar-refractivity contribution in [2.75, 3.05) is 18.5 Å². The van der Waals surface area contributed by atoms with E-state index in [0.29, 0.717) is 11.3 Å². The fourth-order valence-electron chi connectivity index (χ4n) is 2.37. The number of carbonyl (C=O) groups excluding carboxylic acids is 1. The maximum Gasteiger partial charge on any atom is 0.253 e. The second-order valence-electron chi connectivity index (χ2n) is 5.08. The summed E-state index contributed by atoms with van der Waals surface area (Å²) in [5, 5.41) is 21.0. The van der Waals surface area contributed by atoms with E-state index in [9.17, 15) is 4.79 Å². The molecule has 0 bridgehead atoms. The summed E-state index contributed by atoms with van der Waals surface area (Å²) in [6, 6.07) is 10.3. The number of likely N-dealkylation sites (tertiary alicyclic amines) is 1. The molecule has 2 rings (SSSR count). The zero-order valence-electron chi connectivity index (χ0n) is 12.2. The Balaban J connectivity index is 2.11. The van der Waals surface area contributed by atoms with Crippen LogP contribution in [0.4, 0.5) is 5.69 Å². The molecule has 0 aliphatic carbocycles. The van der Waals surface area contributed by atoms with E-state index in [2.05, 4.69) is 10.5 Å². The summed E-state index contributed by atoms with van der Waals surface area (Å²) >= 11 is 0. The average molecular weight is 295 g/mol. The number of hydrogen-bond acceptors (Lipinski definition) is 5. The number of rotatable bonds is 3. The molecule has 6 heteroatoms. The number of carbonyl (C=O) groups is 1. The summed E-state index contributed by atoms with van der Waals surface area (Å²) in [6.45, 7) is 1.59. The van der Waals surface area contributed by atoms with E-state index in [-0.39, 0.29) is 11.6 Å². The van der Waals surface area contributed by atoms with Gasteiger partial charge in [0, 0.05) is 18.7 Å². The summed E-state index contributed by atoms with van der Waals surface area (Å²) in [6.07, 6.45) is 4.43. The van der Waals surface area contributed by atoms with Crippen LogP contribution >= 0.6 is 0 Å². The number of anilines is 1. The zero-order chi connectivity index (χ0) is 15.8. The second-order valence-corrected chi connectivity index (χ2v) is 5.08. The van der Waals surface area contributed by atoms with Gasteiger partial charge in [-0.3, -0.25) is 10.2 Å². The van der Waals surface area contributed by atoms with E-state index >= 15 is 0 Å². The molecular formula is C16H17N5O. The molecule has 1 aromatic carbocycles. The molecule has 1 aliphatic heterocycles. The Bertz CT molecular complexity index is 629. The Kier molecular flexibility index (Phi) is 5.50. The van der Waals surface area contributed by atoms with Crippen molar-refractivity contribution >= 4 is 17.3 Å². The van der Waals surface area contributed by atoms with Gasteiger partial charge in [-0.05, 0) is 31.0 Å². The first kappa shape index (κ1) is 15.5. The van der Waals surface area contributed by atoms with Gasteiger partial charge in [-0.25, -0.2) is 0 Å². The van der Waals surface area contributed by atoms with Crippen LogP contribution in [0.2, 0.25) is 0 Å². The van der Waals surface area contributed by atoms with Crippen LogP contribution in [0.3, 0.4) is 0 Å². The lowest BCUT2D eigenvalue weighted by Crippen LogP contribution is -2.31. The van der Waals surface area contributed by atoms with Gasteiger partial charge in [0.1, 0.15) is 12.1 Å². The maximum atomic E-state index is 12.5. The molecule has 0 saturated carbocycles. The molecule has 0 spiro atoms. The molecular weight excluding hydrogens is 278 g/mol. The number of amides is 1. The third-order valence-electron chi connectivity index (χ3n) is 3.51. The number of nitrogens with one attached hydrogen (secondary N) is 1. The molecule has 22 heavy (non-hydrogen) atoms. The molecule has 1 amide bonds. The lowest BCUT2D eigenvalue weighted by molar-refractivity contribution is 0.0761. The highest BCUT2D eigenvalue weighted by molar-refractivity contribution is 6.10. The van der Waals surface area contributed by atoms with Crippen LogP contribution < -0.4 is 5.43 Å². The van der Waals surface area contributed by atoms with Gasteiger partial charge in [0.15, 0.2) is 0 Å². The van der Waals surface area contributed by atoms with Crippen molar-refractivity contribution in [2.45, 2.75) is 25.7 Å². The lowest BCUT2D eigenvalue weighted by Gasteiger charge is -2.20. The smallest absolute Gasteiger partial charge is 0.253 e. The second kappa shape index (κ2) is 7.80. The minimum absolute atomic E-state index is 0.00956. The highest BCUT2D eigenvalue weighted by Crippen LogP contribution is 2.16. The van der Waals surface area contributed by atoms with Crippen LogP contribution in [0, 0.1) is 22.7 Å². The largest absolute Gasteiger partial charge is 0.339 e. The van der Waals surface area contributed by atoms with Crippen molar-refractivity contribution in [1.82, 2.24) is 4.90 Å². The van der Waals surface area contributed by atoms with E-state index in [4.69, 9.17) is 10.5 Å². The number of nitriles is 2. The van der Waals surface area contributed by atoms with Crippen LogP contribution in [0.1, 0.15) is 36.0 Å². The Morgan fingerprint density at radius 1 is 1.14 bits per heavy atom. The molecule has 0 atom stereocenters. The molecule has 1 heterocycles. The quantitative estimate of drug-likeness (QED) is 0.685. The third kappa shape index (κ3) is 4.07. The fraction of sp³-hybridized carbons (Fsp3) is 0.375. The van der Waals surface area contributed by atoms with Gasteiger partial charge >= 0.3 is 0 Å². The summed E-state index contributed by atoms with van der Waals surface area (Å²) < 4.78 is 0. The van der Waals surface area contributed by atoms with Crippen LogP contribution in [0.15, 0.2) is 29.4 Å². The van der Waals surface area contributed by atoms with Gasteiger partial charge in [0.25, 0.3) is 5.91 Å².